The van der Waals surface area contributed by atoms with Gasteiger partial charge in [-0.1, -0.05) is 6.08 Å². The number of hydrogen-bond donors (Lipinski definition) is 1. The number of nitrogens with zero attached hydrogens (tertiary/aromatic N) is 2. The minimum Gasteiger partial charge on any atom is -0.335 e. The van der Waals surface area contributed by atoms with Crippen LogP contribution in [0.3, 0.4) is 0 Å². The normalized spacial score (nSPS) is 22.5. The molecule has 2 amide bonds. The van der Waals surface area contributed by atoms with Gasteiger partial charge in [-0.05, 0) is 12.8 Å². The second-order valence-electron chi connectivity index (χ2n) is 4.23. The summed E-state index contributed by atoms with van der Waals surface area (Å²) in [6.07, 6.45) is 4.41. The van der Waals surface area contributed by atoms with Crippen molar-refractivity contribution in [2.75, 3.05) is 32.7 Å². The van der Waals surface area contributed by atoms with Crippen molar-refractivity contribution in [3.8, 4) is 0 Å². The van der Waals surface area contributed by atoms with E-state index in [4.69, 9.17) is 0 Å². The lowest BCUT2D eigenvalue weighted by Gasteiger charge is -2.34. The van der Waals surface area contributed by atoms with E-state index in [0.717, 1.165) is 32.2 Å². The van der Waals surface area contributed by atoms with Gasteiger partial charge in [0.25, 0.3) is 0 Å². The molecule has 1 N–H and O–H groups in total. The molecule has 2 rings (SSSR count). The third-order valence-corrected chi connectivity index (χ3v) is 3.06. The molecule has 0 spiro atoms. The number of carbonyl (C=O) groups is 1. The van der Waals surface area contributed by atoms with Crippen LogP contribution < -0.4 is 5.32 Å². The zero-order valence-corrected chi connectivity index (χ0v) is 9.11. The molecule has 2 aliphatic rings. The van der Waals surface area contributed by atoms with Crippen LogP contribution in [-0.2, 0) is 0 Å². The highest BCUT2D eigenvalue weighted by Gasteiger charge is 2.31. The predicted molar refractivity (Wildman–Crippen MR) is 59.8 cm³/mol. The molecule has 4 heteroatoms. The molecule has 0 unspecified atom stereocenters. The van der Waals surface area contributed by atoms with E-state index in [1.807, 2.05) is 4.90 Å². The van der Waals surface area contributed by atoms with E-state index in [0.29, 0.717) is 6.54 Å². The molecule has 0 aromatic rings. The highest BCUT2D eigenvalue weighted by atomic mass is 16.2. The molecule has 2 fully saturated rings. The van der Waals surface area contributed by atoms with Crippen LogP contribution in [-0.4, -0.2) is 54.6 Å². The lowest BCUT2D eigenvalue weighted by molar-refractivity contribution is 0.135. The Balaban J connectivity index is 1.71. The molecule has 4 nitrogen and oxygen atoms in total. The maximum absolute atomic E-state index is 11.6. The van der Waals surface area contributed by atoms with E-state index in [2.05, 4.69) is 16.8 Å². The Morgan fingerprint density at radius 2 is 2.00 bits per heavy atom. The standard InChI is InChI=1S/C11H19N3O/c1-2-5-12-11(15)14-8-6-13(7-9-14)10-3-4-10/h2,10H,1,3-9H2,(H,12,15). The van der Waals surface area contributed by atoms with E-state index in [1.165, 1.54) is 12.8 Å². The fourth-order valence-corrected chi connectivity index (χ4v) is 2.00. The van der Waals surface area contributed by atoms with Crippen molar-refractivity contribution in [2.45, 2.75) is 18.9 Å². The molecule has 0 aromatic carbocycles. The van der Waals surface area contributed by atoms with Crippen LogP contribution in [0.15, 0.2) is 12.7 Å². The van der Waals surface area contributed by atoms with Crippen LogP contribution in [0.4, 0.5) is 4.79 Å². The first-order valence-corrected chi connectivity index (χ1v) is 5.69. The SMILES string of the molecule is C=CCNC(=O)N1CCN(C2CC2)CC1. The number of urea groups is 1. The summed E-state index contributed by atoms with van der Waals surface area (Å²) in [5.74, 6) is 0. The maximum atomic E-state index is 11.6. The van der Waals surface area contributed by atoms with Gasteiger partial charge in [0.1, 0.15) is 0 Å². The van der Waals surface area contributed by atoms with Crippen molar-refractivity contribution in [1.29, 1.82) is 0 Å². The molecule has 0 radical (unpaired) electrons. The Morgan fingerprint density at radius 1 is 1.33 bits per heavy atom. The molecule has 84 valence electrons. The summed E-state index contributed by atoms with van der Waals surface area (Å²) >= 11 is 0. The van der Waals surface area contributed by atoms with Crippen molar-refractivity contribution in [3.63, 3.8) is 0 Å². The van der Waals surface area contributed by atoms with E-state index >= 15 is 0 Å². The molecule has 0 aromatic heterocycles. The van der Waals surface area contributed by atoms with Gasteiger partial charge in [-0.2, -0.15) is 0 Å². The number of rotatable bonds is 3. The quantitative estimate of drug-likeness (QED) is 0.693. The van der Waals surface area contributed by atoms with Gasteiger partial charge in [0.2, 0.25) is 0 Å². The van der Waals surface area contributed by atoms with Gasteiger partial charge in [-0.15, -0.1) is 6.58 Å². The minimum atomic E-state index is 0.0466. The van der Waals surface area contributed by atoms with Crippen molar-refractivity contribution in [2.24, 2.45) is 0 Å². The second kappa shape index (κ2) is 4.66. The van der Waals surface area contributed by atoms with Gasteiger partial charge >= 0.3 is 6.03 Å². The van der Waals surface area contributed by atoms with Gasteiger partial charge < -0.3 is 10.2 Å². The first-order valence-electron chi connectivity index (χ1n) is 5.69. The molecule has 0 bridgehead atoms. The van der Waals surface area contributed by atoms with Crippen LogP contribution in [0.2, 0.25) is 0 Å². The fraction of sp³-hybridized carbons (Fsp3) is 0.727. The first kappa shape index (κ1) is 10.5. The molecule has 1 saturated carbocycles. The van der Waals surface area contributed by atoms with Crippen molar-refractivity contribution in [1.82, 2.24) is 15.1 Å². The molecule has 0 atom stereocenters. The zero-order valence-electron chi connectivity index (χ0n) is 9.11. The summed E-state index contributed by atoms with van der Waals surface area (Å²) in [6.45, 7) is 7.93. The summed E-state index contributed by atoms with van der Waals surface area (Å²) in [7, 11) is 0. The Kier molecular flexibility index (Phi) is 3.26. The van der Waals surface area contributed by atoms with Gasteiger partial charge in [-0.25, -0.2) is 4.79 Å². The van der Waals surface area contributed by atoms with Gasteiger partial charge in [-0.3, -0.25) is 4.90 Å². The molecule has 1 heterocycles. The zero-order chi connectivity index (χ0) is 10.7. The van der Waals surface area contributed by atoms with Crippen LogP contribution in [0.1, 0.15) is 12.8 Å². The van der Waals surface area contributed by atoms with Crippen molar-refractivity contribution < 1.29 is 4.79 Å². The third-order valence-electron chi connectivity index (χ3n) is 3.06. The van der Waals surface area contributed by atoms with Crippen LogP contribution in [0.5, 0.6) is 0 Å². The van der Waals surface area contributed by atoms with Crippen molar-refractivity contribution >= 4 is 6.03 Å². The Labute approximate surface area is 90.9 Å². The Bertz CT molecular complexity index is 242. The molecular weight excluding hydrogens is 190 g/mol. The highest BCUT2D eigenvalue weighted by Crippen LogP contribution is 2.27. The maximum Gasteiger partial charge on any atom is 0.317 e. The molecular formula is C11H19N3O. The predicted octanol–water partition coefficient (Wildman–Crippen LogP) is 0.662. The largest absolute Gasteiger partial charge is 0.335 e. The Hall–Kier alpha value is -1.03. The number of hydrogen-bond acceptors (Lipinski definition) is 2. The number of carbonyl (C=O) groups excluding carboxylic acids is 1. The summed E-state index contributed by atoms with van der Waals surface area (Å²) < 4.78 is 0. The average molecular weight is 209 g/mol. The molecule has 1 saturated heterocycles. The van der Waals surface area contributed by atoms with Crippen LogP contribution in [0.25, 0.3) is 0 Å². The Morgan fingerprint density at radius 3 is 2.53 bits per heavy atom. The topological polar surface area (TPSA) is 35.6 Å². The lowest BCUT2D eigenvalue weighted by Crippen LogP contribution is -2.52. The summed E-state index contributed by atoms with van der Waals surface area (Å²) in [6, 6.07) is 0.869. The van der Waals surface area contributed by atoms with E-state index in [1.54, 1.807) is 6.08 Å². The van der Waals surface area contributed by atoms with Crippen molar-refractivity contribution in [3.05, 3.63) is 12.7 Å². The van der Waals surface area contributed by atoms with Gasteiger partial charge in [0.05, 0.1) is 0 Å². The fourth-order valence-electron chi connectivity index (χ4n) is 2.00. The van der Waals surface area contributed by atoms with E-state index < -0.39 is 0 Å². The number of amides is 2. The smallest absolute Gasteiger partial charge is 0.317 e. The van der Waals surface area contributed by atoms with E-state index in [9.17, 15) is 4.79 Å². The van der Waals surface area contributed by atoms with Crippen LogP contribution in [0, 0.1) is 0 Å². The minimum absolute atomic E-state index is 0.0466. The monoisotopic (exact) mass is 209 g/mol. The lowest BCUT2D eigenvalue weighted by atomic mass is 10.3. The first-order chi connectivity index (χ1) is 7.31. The van der Waals surface area contributed by atoms with Crippen LogP contribution >= 0.6 is 0 Å². The number of piperazine rings is 1. The highest BCUT2D eigenvalue weighted by molar-refractivity contribution is 5.74. The third kappa shape index (κ3) is 2.72. The number of nitrogens with one attached hydrogen (secondary N) is 1. The molecule has 15 heavy (non-hydrogen) atoms. The second-order valence-corrected chi connectivity index (χ2v) is 4.23. The summed E-state index contributed by atoms with van der Waals surface area (Å²) in [5.41, 5.74) is 0. The van der Waals surface area contributed by atoms with Gasteiger partial charge in [0.15, 0.2) is 0 Å². The summed E-state index contributed by atoms with van der Waals surface area (Å²) in [4.78, 5) is 16.0. The van der Waals surface area contributed by atoms with Gasteiger partial charge in [0, 0.05) is 38.8 Å². The molecule has 1 aliphatic heterocycles. The average Bonchev–Trinajstić information content (AvgIpc) is 3.10. The molecule has 1 aliphatic carbocycles. The summed E-state index contributed by atoms with van der Waals surface area (Å²) in [5, 5.41) is 2.81. The van der Waals surface area contributed by atoms with E-state index in [-0.39, 0.29) is 6.03 Å².